The largest absolute Gasteiger partial charge is 0.458 e. The molecule has 17 heavy (non-hydrogen) atoms. The van der Waals surface area contributed by atoms with Crippen molar-refractivity contribution in [3.63, 3.8) is 0 Å². The molecule has 1 heterocycles. The molecule has 2 aliphatic rings. The molecule has 0 bridgehead atoms. The third kappa shape index (κ3) is 2.85. The zero-order valence-corrected chi connectivity index (χ0v) is 10.1. The van der Waals surface area contributed by atoms with Gasteiger partial charge in [-0.15, -0.1) is 0 Å². The topological polar surface area (TPSA) is 64.6 Å². The van der Waals surface area contributed by atoms with E-state index in [1.54, 1.807) is 0 Å². The first-order valence-electron chi connectivity index (χ1n) is 5.81. The van der Waals surface area contributed by atoms with Gasteiger partial charge in [0.1, 0.15) is 12.2 Å². The number of carbonyl (C=O) groups excluding carboxylic acids is 2. The molecule has 1 N–H and O–H groups in total. The highest BCUT2D eigenvalue weighted by molar-refractivity contribution is 5.67. The predicted octanol–water partition coefficient (Wildman–Crippen LogP) is 0.543. The molecule has 2 atom stereocenters. The van der Waals surface area contributed by atoms with E-state index < -0.39 is 0 Å². The van der Waals surface area contributed by atoms with Crippen molar-refractivity contribution in [3.05, 3.63) is 11.1 Å². The average Bonchev–Trinajstić information content (AvgIpc) is 2.63. The second-order valence-electron chi connectivity index (χ2n) is 4.51. The first kappa shape index (κ1) is 12.1. The van der Waals surface area contributed by atoms with Crippen molar-refractivity contribution in [3.8, 4) is 0 Å². The van der Waals surface area contributed by atoms with Crippen LogP contribution in [0.4, 0.5) is 0 Å². The van der Waals surface area contributed by atoms with Crippen LogP contribution in [0.2, 0.25) is 0 Å². The van der Waals surface area contributed by atoms with Crippen molar-refractivity contribution in [2.24, 2.45) is 0 Å². The Hall–Kier alpha value is -1.36. The van der Waals surface area contributed by atoms with Crippen molar-refractivity contribution < 1.29 is 19.1 Å². The summed E-state index contributed by atoms with van der Waals surface area (Å²) in [6.07, 6.45) is 0.657. The van der Waals surface area contributed by atoms with Crippen LogP contribution in [0.25, 0.3) is 0 Å². The van der Waals surface area contributed by atoms with E-state index in [9.17, 15) is 9.59 Å². The molecule has 0 spiro atoms. The highest BCUT2D eigenvalue weighted by Gasteiger charge is 2.35. The first-order valence-corrected chi connectivity index (χ1v) is 5.81. The summed E-state index contributed by atoms with van der Waals surface area (Å²) in [4.78, 5) is 22.1. The molecule has 1 aliphatic heterocycles. The highest BCUT2D eigenvalue weighted by atomic mass is 16.6. The minimum Gasteiger partial charge on any atom is -0.458 e. The number of rotatable bonds is 2. The summed E-state index contributed by atoms with van der Waals surface area (Å²) in [5, 5.41) is 3.26. The molecule has 0 saturated carbocycles. The van der Waals surface area contributed by atoms with Crippen LogP contribution in [0.5, 0.6) is 0 Å². The Bertz CT molecular complexity index is 341. The summed E-state index contributed by atoms with van der Waals surface area (Å²) in [7, 11) is 0. The van der Waals surface area contributed by atoms with E-state index in [0.717, 1.165) is 13.1 Å². The van der Waals surface area contributed by atoms with Gasteiger partial charge in [0.15, 0.2) is 0 Å². The number of carbonyl (C=O) groups is 2. The molecule has 5 nitrogen and oxygen atoms in total. The van der Waals surface area contributed by atoms with Gasteiger partial charge in [0.05, 0.1) is 0 Å². The Morgan fingerprint density at radius 3 is 1.76 bits per heavy atom. The molecule has 0 aromatic heterocycles. The molecule has 0 saturated heterocycles. The quantitative estimate of drug-likeness (QED) is 0.563. The molecule has 0 aromatic carbocycles. The van der Waals surface area contributed by atoms with Crippen molar-refractivity contribution in [2.45, 2.75) is 38.9 Å². The van der Waals surface area contributed by atoms with E-state index in [2.05, 4.69) is 5.32 Å². The zero-order valence-electron chi connectivity index (χ0n) is 10.1. The van der Waals surface area contributed by atoms with Crippen molar-refractivity contribution in [2.75, 3.05) is 13.1 Å². The predicted molar refractivity (Wildman–Crippen MR) is 60.2 cm³/mol. The van der Waals surface area contributed by atoms with Gasteiger partial charge >= 0.3 is 11.9 Å². The first-order chi connectivity index (χ1) is 8.06. The van der Waals surface area contributed by atoms with Gasteiger partial charge in [0.2, 0.25) is 0 Å². The summed E-state index contributed by atoms with van der Waals surface area (Å²) < 4.78 is 10.5. The van der Waals surface area contributed by atoms with E-state index in [1.807, 2.05) is 0 Å². The van der Waals surface area contributed by atoms with Crippen LogP contribution < -0.4 is 5.32 Å². The Morgan fingerprint density at radius 2 is 1.41 bits per heavy atom. The number of hydrogen-bond acceptors (Lipinski definition) is 5. The lowest BCUT2D eigenvalue weighted by molar-refractivity contribution is -0.165. The lowest BCUT2D eigenvalue weighted by Gasteiger charge is -2.31. The highest BCUT2D eigenvalue weighted by Crippen LogP contribution is 2.31. The second kappa shape index (κ2) is 4.87. The van der Waals surface area contributed by atoms with Gasteiger partial charge < -0.3 is 14.8 Å². The van der Waals surface area contributed by atoms with Crippen LogP contribution in [0, 0.1) is 0 Å². The van der Waals surface area contributed by atoms with Gasteiger partial charge in [0, 0.05) is 39.8 Å². The summed E-state index contributed by atoms with van der Waals surface area (Å²) in [5.41, 5.74) is 2.58. The Morgan fingerprint density at radius 1 is 1.00 bits per heavy atom. The molecule has 2 unspecified atom stereocenters. The minimum absolute atomic E-state index is 0.331. The van der Waals surface area contributed by atoms with Gasteiger partial charge in [-0.3, -0.25) is 9.59 Å². The Balaban J connectivity index is 2.10. The molecule has 5 heteroatoms. The summed E-state index contributed by atoms with van der Waals surface area (Å²) >= 11 is 0. The van der Waals surface area contributed by atoms with Crippen LogP contribution in [0.1, 0.15) is 26.7 Å². The average molecular weight is 239 g/mol. The fourth-order valence-electron chi connectivity index (χ4n) is 2.46. The second-order valence-corrected chi connectivity index (χ2v) is 4.51. The van der Waals surface area contributed by atoms with Gasteiger partial charge in [-0.25, -0.2) is 0 Å². The van der Waals surface area contributed by atoms with Crippen molar-refractivity contribution >= 4 is 11.9 Å². The smallest absolute Gasteiger partial charge is 0.303 e. The molecule has 0 radical (unpaired) electrons. The van der Waals surface area contributed by atoms with Gasteiger partial charge in [-0.05, 0) is 0 Å². The lowest BCUT2D eigenvalue weighted by atomic mass is 9.89. The zero-order chi connectivity index (χ0) is 12.4. The van der Waals surface area contributed by atoms with Crippen LogP contribution in [0.15, 0.2) is 11.1 Å². The van der Waals surface area contributed by atoms with Crippen LogP contribution in [0.3, 0.4) is 0 Å². The summed E-state index contributed by atoms with van der Waals surface area (Å²) in [6, 6.07) is 0. The number of hydrogen-bond donors (Lipinski definition) is 1. The molecule has 1 aliphatic carbocycles. The normalized spacial score (nSPS) is 27.6. The molecular weight excluding hydrogens is 222 g/mol. The maximum absolute atomic E-state index is 11.0. The summed E-state index contributed by atoms with van der Waals surface area (Å²) in [5.74, 6) is -0.663. The minimum atomic E-state index is -0.338. The molecule has 0 aromatic rings. The fraction of sp³-hybridized carbons (Fsp3) is 0.667. The van der Waals surface area contributed by atoms with Gasteiger partial charge in [-0.2, -0.15) is 0 Å². The lowest BCUT2D eigenvalue weighted by Crippen LogP contribution is -2.38. The molecule has 0 amide bonds. The van der Waals surface area contributed by atoms with Gasteiger partial charge in [-0.1, -0.05) is 11.1 Å². The number of nitrogens with one attached hydrogen (secondary N) is 1. The summed E-state index contributed by atoms with van der Waals surface area (Å²) in [6.45, 7) is 4.45. The molecule has 94 valence electrons. The van der Waals surface area contributed by atoms with Crippen LogP contribution >= 0.6 is 0 Å². The van der Waals surface area contributed by atoms with Crippen molar-refractivity contribution in [1.82, 2.24) is 5.32 Å². The monoisotopic (exact) mass is 239 g/mol. The molecule has 0 fully saturated rings. The van der Waals surface area contributed by atoms with Crippen LogP contribution in [-0.4, -0.2) is 37.2 Å². The van der Waals surface area contributed by atoms with E-state index >= 15 is 0 Å². The van der Waals surface area contributed by atoms with Crippen LogP contribution in [-0.2, 0) is 19.1 Å². The standard InChI is InChI=1S/C12H17NO4/c1-7(14)16-11-3-9-5-13-6-10(9)4-12(11)17-8(2)15/h11-13H,3-6H2,1-2H3. The Kier molecular flexibility index (Phi) is 3.47. The molecular formula is C12H17NO4. The third-order valence-electron chi connectivity index (χ3n) is 3.12. The Labute approximate surface area is 100 Å². The SMILES string of the molecule is CC(=O)OC1CC2=C(CNC2)CC1OC(C)=O. The van der Waals surface area contributed by atoms with E-state index in [4.69, 9.17) is 9.47 Å². The maximum Gasteiger partial charge on any atom is 0.303 e. The van der Waals surface area contributed by atoms with E-state index in [-0.39, 0.29) is 24.1 Å². The van der Waals surface area contributed by atoms with E-state index in [1.165, 1.54) is 25.0 Å². The van der Waals surface area contributed by atoms with Crippen molar-refractivity contribution in [1.29, 1.82) is 0 Å². The van der Waals surface area contributed by atoms with E-state index in [0.29, 0.717) is 12.8 Å². The fourth-order valence-corrected chi connectivity index (χ4v) is 2.46. The number of esters is 2. The third-order valence-corrected chi connectivity index (χ3v) is 3.12. The van der Waals surface area contributed by atoms with Gasteiger partial charge in [0.25, 0.3) is 0 Å². The molecule has 2 rings (SSSR count). The maximum atomic E-state index is 11.0. The number of ether oxygens (including phenoxy) is 2.